The second kappa shape index (κ2) is 6.81. The van der Waals surface area contributed by atoms with E-state index >= 15 is 0 Å². The van der Waals surface area contributed by atoms with Crippen LogP contribution in [-0.2, 0) is 19.3 Å². The van der Waals surface area contributed by atoms with Gasteiger partial charge in [0.05, 0.1) is 0 Å². The van der Waals surface area contributed by atoms with E-state index < -0.39 is 0 Å². The Labute approximate surface area is 177 Å². The maximum atomic E-state index is 12.9. The normalized spacial score (nSPS) is 12.8. The molecular formula is C29H22O. The number of hydrogen-bond acceptors (Lipinski definition) is 1. The Morgan fingerprint density at radius 2 is 1.17 bits per heavy atom. The molecule has 144 valence electrons. The number of ketones is 1. The first-order chi connectivity index (χ1) is 14.8. The molecule has 0 spiro atoms. The van der Waals surface area contributed by atoms with Crippen LogP contribution >= 0.6 is 0 Å². The fourth-order valence-electron chi connectivity index (χ4n) is 5.07. The van der Waals surface area contributed by atoms with Crippen molar-refractivity contribution in [2.45, 2.75) is 25.7 Å². The van der Waals surface area contributed by atoms with Crippen LogP contribution in [0, 0.1) is 0 Å². The number of aryl methyl sites for hydroxylation is 1. The molecule has 4 aromatic rings. The van der Waals surface area contributed by atoms with Gasteiger partial charge in [-0.2, -0.15) is 0 Å². The molecule has 0 fully saturated rings. The van der Waals surface area contributed by atoms with E-state index in [1.54, 1.807) is 0 Å². The lowest BCUT2D eigenvalue weighted by Gasteiger charge is -2.07. The van der Waals surface area contributed by atoms with Gasteiger partial charge >= 0.3 is 0 Å². The van der Waals surface area contributed by atoms with Crippen LogP contribution < -0.4 is 0 Å². The summed E-state index contributed by atoms with van der Waals surface area (Å²) < 4.78 is 0. The lowest BCUT2D eigenvalue weighted by atomic mass is 9.97. The highest BCUT2D eigenvalue weighted by molar-refractivity contribution is 5.97. The Morgan fingerprint density at radius 1 is 0.600 bits per heavy atom. The number of carbonyl (C=O) groups excluding carboxylic acids is 1. The molecule has 0 saturated heterocycles. The van der Waals surface area contributed by atoms with Crippen LogP contribution in [0.25, 0.3) is 22.3 Å². The largest absolute Gasteiger partial charge is 0.294 e. The summed E-state index contributed by atoms with van der Waals surface area (Å²) in [7, 11) is 0. The Morgan fingerprint density at radius 3 is 1.87 bits per heavy atom. The van der Waals surface area contributed by atoms with Crippen molar-refractivity contribution in [3.63, 3.8) is 0 Å². The molecule has 1 nitrogen and oxygen atoms in total. The maximum Gasteiger partial charge on any atom is 0.163 e. The molecule has 0 aliphatic heterocycles. The van der Waals surface area contributed by atoms with Crippen molar-refractivity contribution in [2.75, 3.05) is 0 Å². The Bertz CT molecular complexity index is 1310. The van der Waals surface area contributed by atoms with E-state index in [2.05, 4.69) is 78.9 Å². The summed E-state index contributed by atoms with van der Waals surface area (Å²) in [6.45, 7) is 0. The number of fused-ring (bicyclic) bond motifs is 6. The van der Waals surface area contributed by atoms with Gasteiger partial charge in [-0.1, -0.05) is 78.9 Å². The monoisotopic (exact) mass is 386 g/mol. The number of Topliss-reactive ketones (excluding diaryl/α,β-unsaturated/α-hetero) is 1. The molecule has 0 bridgehead atoms. The van der Waals surface area contributed by atoms with Crippen molar-refractivity contribution in [1.29, 1.82) is 0 Å². The van der Waals surface area contributed by atoms with Crippen molar-refractivity contribution in [3.8, 4) is 22.3 Å². The zero-order valence-electron chi connectivity index (χ0n) is 16.8. The average Bonchev–Trinajstić information content (AvgIpc) is 3.34. The second-order valence-electron chi connectivity index (χ2n) is 8.45. The molecule has 0 atom stereocenters. The van der Waals surface area contributed by atoms with E-state index in [4.69, 9.17) is 0 Å². The minimum Gasteiger partial charge on any atom is -0.294 e. The average molecular weight is 386 g/mol. The summed E-state index contributed by atoms with van der Waals surface area (Å²) in [6.07, 6.45) is 3.27. The van der Waals surface area contributed by atoms with E-state index in [1.165, 1.54) is 50.1 Å². The van der Waals surface area contributed by atoms with E-state index in [9.17, 15) is 4.79 Å². The van der Waals surface area contributed by atoms with Gasteiger partial charge in [-0.15, -0.1) is 0 Å². The Balaban J connectivity index is 1.18. The fraction of sp³-hybridized carbons (Fsp3) is 0.138. The lowest BCUT2D eigenvalue weighted by Crippen LogP contribution is -2.02. The van der Waals surface area contributed by atoms with Crippen molar-refractivity contribution >= 4 is 5.78 Å². The van der Waals surface area contributed by atoms with Crippen LogP contribution in [0.1, 0.15) is 44.6 Å². The van der Waals surface area contributed by atoms with Crippen molar-refractivity contribution in [2.24, 2.45) is 0 Å². The SMILES string of the molecule is O=C(CCc1ccc2c(c1)Cc1ccccc1-2)c1ccc2c(c1)Cc1ccccc1-2. The highest BCUT2D eigenvalue weighted by Crippen LogP contribution is 2.38. The smallest absolute Gasteiger partial charge is 0.163 e. The third kappa shape index (κ3) is 2.81. The van der Waals surface area contributed by atoms with Gasteiger partial charge in [-0.3, -0.25) is 4.79 Å². The van der Waals surface area contributed by atoms with Gasteiger partial charge in [0.25, 0.3) is 0 Å². The van der Waals surface area contributed by atoms with Crippen LogP contribution in [0.15, 0.2) is 84.9 Å². The lowest BCUT2D eigenvalue weighted by molar-refractivity contribution is 0.0983. The first-order valence-electron chi connectivity index (χ1n) is 10.7. The van der Waals surface area contributed by atoms with Crippen molar-refractivity contribution in [1.82, 2.24) is 0 Å². The third-order valence-corrected chi connectivity index (χ3v) is 6.61. The molecule has 0 radical (unpaired) electrons. The Hall–Kier alpha value is -3.45. The summed E-state index contributed by atoms with van der Waals surface area (Å²) in [5.74, 6) is 0.234. The molecule has 0 saturated carbocycles. The summed E-state index contributed by atoms with van der Waals surface area (Å²) in [6, 6.07) is 30.1. The summed E-state index contributed by atoms with van der Waals surface area (Å²) >= 11 is 0. The molecule has 0 amide bonds. The molecule has 6 rings (SSSR count). The second-order valence-corrected chi connectivity index (χ2v) is 8.45. The predicted molar refractivity (Wildman–Crippen MR) is 122 cm³/mol. The first-order valence-corrected chi connectivity index (χ1v) is 10.7. The van der Waals surface area contributed by atoms with Gasteiger partial charge in [0.1, 0.15) is 0 Å². The van der Waals surface area contributed by atoms with Crippen LogP contribution in [0.3, 0.4) is 0 Å². The quantitative estimate of drug-likeness (QED) is 0.310. The Kier molecular flexibility index (Phi) is 3.95. The van der Waals surface area contributed by atoms with Crippen molar-refractivity contribution in [3.05, 3.63) is 118 Å². The molecule has 2 aliphatic rings. The molecule has 0 heterocycles. The number of benzene rings is 4. The van der Waals surface area contributed by atoms with Crippen molar-refractivity contribution < 1.29 is 4.79 Å². The standard InChI is InChI=1S/C29H22O/c30-29(22-11-13-28-24(18-22)17-21-6-2-4-8-26(21)28)14-10-19-9-12-27-23(15-19)16-20-5-1-3-7-25(20)27/h1-9,11-13,15,18H,10,14,16-17H2. The van der Waals surface area contributed by atoms with Gasteiger partial charge in [-0.05, 0) is 75.4 Å². The van der Waals surface area contributed by atoms with Gasteiger partial charge in [0.15, 0.2) is 5.78 Å². The summed E-state index contributed by atoms with van der Waals surface area (Å²) in [5, 5.41) is 0. The number of carbonyl (C=O) groups is 1. The zero-order chi connectivity index (χ0) is 20.1. The highest BCUT2D eigenvalue weighted by atomic mass is 16.1. The summed E-state index contributed by atoms with van der Waals surface area (Å²) in [4.78, 5) is 12.9. The maximum absolute atomic E-state index is 12.9. The topological polar surface area (TPSA) is 17.1 Å². The van der Waals surface area contributed by atoms with E-state index in [1.807, 2.05) is 6.07 Å². The minimum absolute atomic E-state index is 0.234. The minimum atomic E-state index is 0.234. The number of hydrogen-bond donors (Lipinski definition) is 0. The first kappa shape index (κ1) is 17.4. The van der Waals surface area contributed by atoms with Gasteiger partial charge in [-0.25, -0.2) is 0 Å². The molecular weight excluding hydrogens is 364 g/mol. The summed E-state index contributed by atoms with van der Waals surface area (Å²) in [5.41, 5.74) is 12.8. The molecule has 4 aromatic carbocycles. The van der Waals surface area contributed by atoms with E-state index in [0.29, 0.717) is 6.42 Å². The van der Waals surface area contributed by atoms with Gasteiger partial charge in [0, 0.05) is 12.0 Å². The van der Waals surface area contributed by atoms with Crippen LogP contribution in [0.2, 0.25) is 0 Å². The molecule has 0 aromatic heterocycles. The molecule has 2 aliphatic carbocycles. The number of rotatable bonds is 4. The highest BCUT2D eigenvalue weighted by Gasteiger charge is 2.20. The van der Waals surface area contributed by atoms with Crippen LogP contribution in [-0.4, -0.2) is 5.78 Å². The molecule has 1 heteroatoms. The molecule has 0 N–H and O–H groups in total. The fourth-order valence-corrected chi connectivity index (χ4v) is 5.07. The predicted octanol–water partition coefficient (Wildman–Crippen LogP) is 6.64. The van der Waals surface area contributed by atoms with Gasteiger partial charge in [0.2, 0.25) is 0 Å². The van der Waals surface area contributed by atoms with E-state index in [-0.39, 0.29) is 5.78 Å². The zero-order valence-corrected chi connectivity index (χ0v) is 16.8. The van der Waals surface area contributed by atoms with Crippen LogP contribution in [0.4, 0.5) is 0 Å². The third-order valence-electron chi connectivity index (χ3n) is 6.61. The molecule has 0 unspecified atom stereocenters. The van der Waals surface area contributed by atoms with Crippen LogP contribution in [0.5, 0.6) is 0 Å². The molecule has 30 heavy (non-hydrogen) atoms. The van der Waals surface area contributed by atoms with E-state index in [0.717, 1.165) is 24.8 Å². The van der Waals surface area contributed by atoms with Gasteiger partial charge < -0.3 is 0 Å².